The molecule has 26 heavy (non-hydrogen) atoms. The molecule has 0 aliphatic heterocycles. The van der Waals surface area contributed by atoms with Crippen molar-refractivity contribution in [2.24, 2.45) is 5.92 Å². The number of nitrogens with zero attached hydrogens (tertiary/aromatic N) is 1. The van der Waals surface area contributed by atoms with Crippen molar-refractivity contribution in [3.8, 4) is 11.1 Å². The highest BCUT2D eigenvalue weighted by Gasteiger charge is 2.22. The fourth-order valence-corrected chi connectivity index (χ4v) is 4.19. The van der Waals surface area contributed by atoms with Gasteiger partial charge >= 0.3 is 0 Å². The lowest BCUT2D eigenvalue weighted by molar-refractivity contribution is -0.384. The largest absolute Gasteiger partial charge is 0.269 e. The van der Waals surface area contributed by atoms with Crippen molar-refractivity contribution < 1.29 is 4.92 Å². The SMILES string of the molecule is CCCCC[C@H]1CC[C@H](c2ccc(-c3ccc([N+](=O)[O-])cc3)cc2)CC1. The Kier molecular flexibility index (Phi) is 6.43. The number of unbranched alkanes of at least 4 members (excludes halogenated alkanes) is 2. The standard InChI is InChI=1S/C23H29NO2/c1-2-3-4-5-18-6-8-19(9-7-18)20-10-12-21(13-11-20)22-14-16-23(17-15-22)24(25)26/h10-19H,2-9H2,1H3/t18-,19-. The van der Waals surface area contributed by atoms with Gasteiger partial charge < -0.3 is 0 Å². The van der Waals surface area contributed by atoms with Crippen molar-refractivity contribution in [2.45, 2.75) is 64.2 Å². The van der Waals surface area contributed by atoms with Crippen molar-refractivity contribution in [1.29, 1.82) is 0 Å². The number of benzene rings is 2. The van der Waals surface area contributed by atoms with E-state index in [1.807, 2.05) is 12.1 Å². The van der Waals surface area contributed by atoms with Crippen molar-refractivity contribution in [1.82, 2.24) is 0 Å². The second-order valence-electron chi connectivity index (χ2n) is 7.64. The Morgan fingerprint density at radius 2 is 1.46 bits per heavy atom. The minimum atomic E-state index is -0.356. The first-order valence-corrected chi connectivity index (χ1v) is 10.0. The van der Waals surface area contributed by atoms with E-state index in [-0.39, 0.29) is 10.6 Å². The van der Waals surface area contributed by atoms with Crippen molar-refractivity contribution in [3.05, 3.63) is 64.2 Å². The van der Waals surface area contributed by atoms with Gasteiger partial charge in [0.1, 0.15) is 0 Å². The van der Waals surface area contributed by atoms with E-state index in [4.69, 9.17) is 0 Å². The topological polar surface area (TPSA) is 43.1 Å². The highest BCUT2D eigenvalue weighted by molar-refractivity contribution is 5.65. The van der Waals surface area contributed by atoms with Crippen molar-refractivity contribution in [3.63, 3.8) is 0 Å². The summed E-state index contributed by atoms with van der Waals surface area (Å²) in [4.78, 5) is 10.4. The Bertz CT molecular complexity index is 698. The van der Waals surface area contributed by atoms with Crippen molar-refractivity contribution >= 4 is 5.69 Å². The number of rotatable bonds is 7. The van der Waals surface area contributed by atoms with Crippen molar-refractivity contribution in [2.75, 3.05) is 0 Å². The third kappa shape index (κ3) is 4.72. The summed E-state index contributed by atoms with van der Waals surface area (Å²) in [6.07, 6.45) is 10.9. The predicted octanol–water partition coefficient (Wildman–Crippen LogP) is 7.12. The van der Waals surface area contributed by atoms with Crippen LogP contribution >= 0.6 is 0 Å². The Morgan fingerprint density at radius 3 is 2.00 bits per heavy atom. The normalized spacial score (nSPS) is 20.0. The molecule has 0 aromatic heterocycles. The van der Waals surface area contributed by atoms with Crippen LogP contribution in [0.2, 0.25) is 0 Å². The van der Waals surface area contributed by atoms with Gasteiger partial charge in [0.15, 0.2) is 0 Å². The maximum absolute atomic E-state index is 10.8. The molecule has 1 aliphatic carbocycles. The van der Waals surface area contributed by atoms with Gasteiger partial charge in [0.25, 0.3) is 5.69 Å². The third-order valence-electron chi connectivity index (χ3n) is 5.86. The highest BCUT2D eigenvalue weighted by atomic mass is 16.6. The average molecular weight is 351 g/mol. The molecule has 138 valence electrons. The minimum Gasteiger partial charge on any atom is -0.258 e. The fourth-order valence-electron chi connectivity index (χ4n) is 4.19. The Hall–Kier alpha value is -2.16. The molecule has 0 saturated heterocycles. The lowest BCUT2D eigenvalue weighted by Gasteiger charge is -2.29. The fraction of sp³-hybridized carbons (Fsp3) is 0.478. The molecule has 2 aromatic carbocycles. The number of non-ortho nitro benzene ring substituents is 1. The summed E-state index contributed by atoms with van der Waals surface area (Å²) in [5, 5.41) is 10.8. The molecule has 0 bridgehead atoms. The molecule has 0 atom stereocenters. The zero-order valence-electron chi connectivity index (χ0n) is 15.7. The summed E-state index contributed by atoms with van der Waals surface area (Å²) < 4.78 is 0. The van der Waals surface area contributed by atoms with Gasteiger partial charge in [0.05, 0.1) is 4.92 Å². The van der Waals surface area contributed by atoms with Crippen LogP contribution in [-0.4, -0.2) is 4.92 Å². The molecule has 0 radical (unpaired) electrons. The molecule has 3 heteroatoms. The molecule has 2 aromatic rings. The average Bonchev–Trinajstić information content (AvgIpc) is 2.69. The third-order valence-corrected chi connectivity index (χ3v) is 5.86. The van der Waals surface area contributed by atoms with Gasteiger partial charge in [-0.1, -0.05) is 56.9 Å². The second-order valence-corrected chi connectivity index (χ2v) is 7.64. The lowest BCUT2D eigenvalue weighted by atomic mass is 9.77. The second kappa shape index (κ2) is 8.98. The maximum atomic E-state index is 10.8. The zero-order chi connectivity index (χ0) is 18.4. The zero-order valence-corrected chi connectivity index (χ0v) is 15.7. The monoisotopic (exact) mass is 351 g/mol. The van der Waals surface area contributed by atoms with Gasteiger partial charge in [0, 0.05) is 12.1 Å². The van der Waals surface area contributed by atoms with Crippen LogP contribution in [0.25, 0.3) is 11.1 Å². The highest BCUT2D eigenvalue weighted by Crippen LogP contribution is 2.38. The molecule has 0 spiro atoms. The van der Waals surface area contributed by atoms with Gasteiger partial charge in [-0.15, -0.1) is 0 Å². The van der Waals surface area contributed by atoms with Crippen LogP contribution in [0.5, 0.6) is 0 Å². The summed E-state index contributed by atoms with van der Waals surface area (Å²) in [6, 6.07) is 15.6. The van der Waals surface area contributed by atoms with Crippen LogP contribution in [0.1, 0.15) is 69.8 Å². The molecule has 1 saturated carbocycles. The molecule has 3 rings (SSSR count). The summed E-state index contributed by atoms with van der Waals surface area (Å²) in [5.41, 5.74) is 3.74. The van der Waals surface area contributed by atoms with E-state index < -0.39 is 0 Å². The van der Waals surface area contributed by atoms with E-state index in [9.17, 15) is 10.1 Å². The van der Waals surface area contributed by atoms with E-state index in [2.05, 4.69) is 31.2 Å². The van der Waals surface area contributed by atoms with E-state index >= 15 is 0 Å². The molecule has 0 N–H and O–H groups in total. The lowest BCUT2D eigenvalue weighted by Crippen LogP contribution is -2.13. The van der Waals surface area contributed by atoms with Crippen LogP contribution < -0.4 is 0 Å². The number of nitro groups is 1. The van der Waals surface area contributed by atoms with Crippen LogP contribution in [0.3, 0.4) is 0 Å². The number of hydrogen-bond acceptors (Lipinski definition) is 2. The summed E-state index contributed by atoms with van der Waals surface area (Å²) in [6.45, 7) is 2.28. The minimum absolute atomic E-state index is 0.140. The molecule has 1 aliphatic rings. The van der Waals surface area contributed by atoms with Gasteiger partial charge in [-0.3, -0.25) is 10.1 Å². The van der Waals surface area contributed by atoms with E-state index in [1.54, 1.807) is 12.1 Å². The molecule has 0 amide bonds. The first-order valence-electron chi connectivity index (χ1n) is 10.0. The van der Waals surface area contributed by atoms with E-state index in [0.717, 1.165) is 17.0 Å². The molecule has 1 fully saturated rings. The van der Waals surface area contributed by atoms with Gasteiger partial charge in [-0.2, -0.15) is 0 Å². The Balaban J connectivity index is 1.57. The van der Waals surface area contributed by atoms with Gasteiger partial charge in [-0.25, -0.2) is 0 Å². The molecular formula is C23H29NO2. The summed E-state index contributed by atoms with van der Waals surface area (Å²) >= 11 is 0. The predicted molar refractivity (Wildman–Crippen MR) is 107 cm³/mol. The first kappa shape index (κ1) is 18.6. The molecule has 0 unspecified atom stereocenters. The molecule has 3 nitrogen and oxygen atoms in total. The summed E-state index contributed by atoms with van der Waals surface area (Å²) in [5.74, 6) is 1.64. The van der Waals surface area contributed by atoms with Crippen LogP contribution in [0.4, 0.5) is 5.69 Å². The van der Waals surface area contributed by atoms with Crippen LogP contribution in [0, 0.1) is 16.0 Å². The number of hydrogen-bond donors (Lipinski definition) is 0. The van der Waals surface area contributed by atoms with E-state index in [1.165, 1.54) is 56.9 Å². The van der Waals surface area contributed by atoms with E-state index in [0.29, 0.717) is 5.92 Å². The number of nitro benzene ring substituents is 1. The quantitative estimate of drug-likeness (QED) is 0.303. The molecule has 0 heterocycles. The maximum Gasteiger partial charge on any atom is 0.269 e. The molecular weight excluding hydrogens is 322 g/mol. The van der Waals surface area contributed by atoms with Crippen LogP contribution in [0.15, 0.2) is 48.5 Å². The Labute approximate surface area is 156 Å². The summed E-state index contributed by atoms with van der Waals surface area (Å²) in [7, 11) is 0. The first-order chi connectivity index (χ1) is 12.7. The van der Waals surface area contributed by atoms with Gasteiger partial charge in [-0.05, 0) is 66.3 Å². The smallest absolute Gasteiger partial charge is 0.258 e. The van der Waals surface area contributed by atoms with Gasteiger partial charge in [0.2, 0.25) is 0 Å². The Morgan fingerprint density at radius 1 is 0.885 bits per heavy atom. The van der Waals surface area contributed by atoms with Crippen LogP contribution in [-0.2, 0) is 0 Å².